The van der Waals surface area contributed by atoms with Gasteiger partial charge in [-0.15, -0.1) is 0 Å². The molecule has 26 heavy (non-hydrogen) atoms. The van der Waals surface area contributed by atoms with E-state index in [4.69, 9.17) is 10.6 Å². The lowest BCUT2D eigenvalue weighted by molar-refractivity contribution is 0.100. The van der Waals surface area contributed by atoms with Crippen LogP contribution in [0.15, 0.2) is 48.8 Å². The number of nitrogens with zero attached hydrogens (tertiary/aromatic N) is 3. The largest absolute Gasteiger partial charge is 0.489 e. The van der Waals surface area contributed by atoms with Crippen LogP contribution in [0.1, 0.15) is 12.8 Å². The van der Waals surface area contributed by atoms with Gasteiger partial charge in [0.2, 0.25) is 0 Å². The fourth-order valence-corrected chi connectivity index (χ4v) is 3.66. The van der Waals surface area contributed by atoms with E-state index in [1.807, 2.05) is 47.5 Å². The average molecular weight is 461 g/mol. The summed E-state index contributed by atoms with van der Waals surface area (Å²) in [4.78, 5) is 8.83. The minimum atomic E-state index is 0.191. The number of nitrogens with one attached hydrogen (secondary N) is 1. The smallest absolute Gasteiger partial charge is 0.141 e. The number of hydrazine groups is 1. The van der Waals surface area contributed by atoms with Gasteiger partial charge in [-0.25, -0.2) is 15.0 Å². The molecule has 0 atom stereocenters. The summed E-state index contributed by atoms with van der Waals surface area (Å²) in [5.41, 5.74) is 1.88. The van der Waals surface area contributed by atoms with Crippen LogP contribution >= 0.6 is 22.6 Å². The molecule has 0 bridgehead atoms. The first kappa shape index (κ1) is 17.4. The minimum Gasteiger partial charge on any atom is -0.489 e. The number of aromatic nitrogens is 2. The van der Waals surface area contributed by atoms with E-state index < -0.39 is 0 Å². The van der Waals surface area contributed by atoms with Crippen LogP contribution in [0.3, 0.4) is 0 Å². The second-order valence-corrected chi connectivity index (χ2v) is 7.53. The van der Waals surface area contributed by atoms with Crippen LogP contribution in [0.25, 0.3) is 10.9 Å². The molecule has 2 heterocycles. The van der Waals surface area contributed by atoms with Crippen LogP contribution in [-0.4, -0.2) is 34.2 Å². The molecule has 1 aromatic heterocycles. The number of anilines is 2. The maximum absolute atomic E-state index is 6.27. The Kier molecular flexibility index (Phi) is 5.18. The van der Waals surface area contributed by atoms with Gasteiger partial charge in [0.25, 0.3) is 0 Å². The number of ether oxygens (including phenoxy) is 1. The van der Waals surface area contributed by atoms with E-state index in [9.17, 15) is 0 Å². The molecule has 0 saturated carbocycles. The van der Waals surface area contributed by atoms with Gasteiger partial charge in [0.1, 0.15) is 24.0 Å². The van der Waals surface area contributed by atoms with Gasteiger partial charge in [-0.1, -0.05) is 18.2 Å². The third-order valence-corrected chi connectivity index (χ3v) is 5.34. The van der Waals surface area contributed by atoms with E-state index >= 15 is 0 Å². The summed E-state index contributed by atoms with van der Waals surface area (Å²) >= 11 is 2.30. The van der Waals surface area contributed by atoms with Gasteiger partial charge < -0.3 is 10.1 Å². The number of piperidine rings is 1. The molecule has 1 fully saturated rings. The number of para-hydroxylation sites is 1. The van der Waals surface area contributed by atoms with Gasteiger partial charge in [-0.2, -0.15) is 0 Å². The first-order valence-electron chi connectivity index (χ1n) is 8.61. The fourth-order valence-electron chi connectivity index (χ4n) is 3.08. The SMILES string of the molecule is NN1CCC(Oc2cc3c(Nc4ccccc4)ncnc3cc2I)CC1. The van der Waals surface area contributed by atoms with Crippen molar-refractivity contribution in [1.29, 1.82) is 0 Å². The number of benzene rings is 2. The van der Waals surface area contributed by atoms with Crippen LogP contribution in [0, 0.1) is 3.57 Å². The molecule has 7 heteroatoms. The van der Waals surface area contributed by atoms with Crippen molar-refractivity contribution in [2.45, 2.75) is 18.9 Å². The highest BCUT2D eigenvalue weighted by Crippen LogP contribution is 2.32. The zero-order valence-corrected chi connectivity index (χ0v) is 16.4. The fraction of sp³-hybridized carbons (Fsp3) is 0.263. The van der Waals surface area contributed by atoms with Crippen molar-refractivity contribution in [3.8, 4) is 5.75 Å². The lowest BCUT2D eigenvalue weighted by Gasteiger charge is -2.29. The van der Waals surface area contributed by atoms with E-state index in [2.05, 4.69) is 37.9 Å². The maximum Gasteiger partial charge on any atom is 0.141 e. The first-order valence-corrected chi connectivity index (χ1v) is 9.69. The molecule has 0 unspecified atom stereocenters. The summed E-state index contributed by atoms with van der Waals surface area (Å²) in [6, 6.07) is 14.1. The zero-order chi connectivity index (χ0) is 17.9. The Balaban J connectivity index is 1.64. The van der Waals surface area contributed by atoms with Gasteiger partial charge in [-0.3, -0.25) is 5.84 Å². The molecule has 3 N–H and O–H groups in total. The lowest BCUT2D eigenvalue weighted by atomic mass is 10.1. The first-order chi connectivity index (χ1) is 12.7. The summed E-state index contributed by atoms with van der Waals surface area (Å²) < 4.78 is 7.33. The highest BCUT2D eigenvalue weighted by molar-refractivity contribution is 14.1. The van der Waals surface area contributed by atoms with Gasteiger partial charge in [0.05, 0.1) is 9.09 Å². The molecule has 0 spiro atoms. The number of hydrogen-bond acceptors (Lipinski definition) is 6. The third kappa shape index (κ3) is 3.89. The molecule has 0 radical (unpaired) electrons. The molecular weight excluding hydrogens is 441 g/mol. The second kappa shape index (κ2) is 7.73. The lowest BCUT2D eigenvalue weighted by Crippen LogP contribution is -2.42. The second-order valence-electron chi connectivity index (χ2n) is 6.37. The Morgan fingerprint density at radius 2 is 1.88 bits per heavy atom. The standard InChI is InChI=1S/C19H20IN5O/c20-16-11-17-15(10-18(16)26-14-6-8-25(21)9-7-14)19(23-12-22-17)24-13-4-2-1-3-5-13/h1-5,10-12,14H,6-9,21H2,(H,22,23,24). The van der Waals surface area contributed by atoms with Crippen LogP contribution < -0.4 is 15.9 Å². The Morgan fingerprint density at radius 3 is 2.65 bits per heavy atom. The van der Waals surface area contributed by atoms with Crippen LogP contribution in [-0.2, 0) is 0 Å². The molecule has 0 amide bonds. The monoisotopic (exact) mass is 461 g/mol. The third-order valence-electron chi connectivity index (χ3n) is 4.50. The van der Waals surface area contributed by atoms with Crippen LogP contribution in [0.4, 0.5) is 11.5 Å². The molecule has 134 valence electrons. The highest BCUT2D eigenvalue weighted by atomic mass is 127. The van der Waals surface area contributed by atoms with Crippen molar-refractivity contribution < 1.29 is 4.74 Å². The van der Waals surface area contributed by atoms with Crippen molar-refractivity contribution in [2.24, 2.45) is 5.84 Å². The number of hydrogen-bond donors (Lipinski definition) is 2. The molecule has 2 aromatic carbocycles. The van der Waals surface area contributed by atoms with Crippen molar-refractivity contribution >= 4 is 45.0 Å². The number of rotatable bonds is 4. The number of fused-ring (bicyclic) bond motifs is 1. The number of halogens is 1. The van der Waals surface area contributed by atoms with E-state index in [0.29, 0.717) is 0 Å². The van der Waals surface area contributed by atoms with Crippen molar-refractivity contribution in [1.82, 2.24) is 15.0 Å². The molecule has 1 aliphatic heterocycles. The van der Waals surface area contributed by atoms with Crippen LogP contribution in [0.5, 0.6) is 5.75 Å². The molecule has 3 aromatic rings. The number of nitrogens with two attached hydrogens (primary N) is 1. The van der Waals surface area contributed by atoms with Crippen molar-refractivity contribution in [3.05, 3.63) is 52.4 Å². The van der Waals surface area contributed by atoms with Gasteiger partial charge in [0, 0.05) is 24.2 Å². The zero-order valence-electron chi connectivity index (χ0n) is 14.2. The van der Waals surface area contributed by atoms with Gasteiger partial charge >= 0.3 is 0 Å². The summed E-state index contributed by atoms with van der Waals surface area (Å²) in [5, 5.41) is 6.17. The Bertz CT molecular complexity index is 897. The van der Waals surface area contributed by atoms with Crippen molar-refractivity contribution in [3.63, 3.8) is 0 Å². The summed E-state index contributed by atoms with van der Waals surface area (Å²) in [6.07, 6.45) is 3.65. The van der Waals surface area contributed by atoms with Gasteiger partial charge in [0.15, 0.2) is 0 Å². The van der Waals surface area contributed by atoms with Crippen molar-refractivity contribution in [2.75, 3.05) is 18.4 Å². The van der Waals surface area contributed by atoms with E-state index in [-0.39, 0.29) is 6.10 Å². The minimum absolute atomic E-state index is 0.191. The molecule has 0 aliphatic carbocycles. The topological polar surface area (TPSA) is 76.3 Å². The molecule has 4 rings (SSSR count). The normalized spacial score (nSPS) is 15.9. The summed E-state index contributed by atoms with van der Waals surface area (Å²) in [6.45, 7) is 1.72. The highest BCUT2D eigenvalue weighted by Gasteiger charge is 2.20. The molecule has 1 saturated heterocycles. The van der Waals surface area contributed by atoms with Gasteiger partial charge in [-0.05, 0) is 59.7 Å². The maximum atomic E-state index is 6.27. The summed E-state index contributed by atoms with van der Waals surface area (Å²) in [7, 11) is 0. The Morgan fingerprint density at radius 1 is 1.12 bits per heavy atom. The molecule has 6 nitrogen and oxygen atoms in total. The Hall–Kier alpha value is -1.97. The van der Waals surface area contributed by atoms with E-state index in [0.717, 1.165) is 57.7 Å². The predicted octanol–water partition coefficient (Wildman–Crippen LogP) is 3.69. The van der Waals surface area contributed by atoms with E-state index in [1.54, 1.807) is 6.33 Å². The molecule has 1 aliphatic rings. The Labute approximate surface area is 165 Å². The van der Waals surface area contributed by atoms with E-state index in [1.165, 1.54) is 0 Å². The quantitative estimate of drug-likeness (QED) is 0.456. The predicted molar refractivity (Wildman–Crippen MR) is 111 cm³/mol. The summed E-state index contributed by atoms with van der Waals surface area (Å²) in [5.74, 6) is 7.49. The average Bonchev–Trinajstić information content (AvgIpc) is 2.65. The molecular formula is C19H20IN5O. The van der Waals surface area contributed by atoms with Crippen LogP contribution in [0.2, 0.25) is 0 Å².